The van der Waals surface area contributed by atoms with Crippen molar-refractivity contribution < 1.29 is 22.7 Å². The van der Waals surface area contributed by atoms with Crippen LogP contribution in [0.4, 0.5) is 0 Å². The second-order valence-electron chi connectivity index (χ2n) is 5.97. The van der Waals surface area contributed by atoms with Crippen molar-refractivity contribution in [2.75, 3.05) is 27.3 Å². The highest BCUT2D eigenvalue weighted by Crippen LogP contribution is 2.37. The van der Waals surface area contributed by atoms with Gasteiger partial charge in [-0.3, -0.25) is 0 Å². The Balaban J connectivity index is 1.91. The van der Waals surface area contributed by atoms with Gasteiger partial charge in [0.15, 0.2) is 0 Å². The van der Waals surface area contributed by atoms with Crippen LogP contribution in [-0.4, -0.2) is 46.0 Å². The quantitative estimate of drug-likeness (QED) is 0.615. The highest BCUT2D eigenvalue weighted by molar-refractivity contribution is 7.89. The van der Waals surface area contributed by atoms with Gasteiger partial charge in [-0.05, 0) is 43.9 Å². The third-order valence-corrected chi connectivity index (χ3v) is 6.45. The summed E-state index contributed by atoms with van der Waals surface area (Å²) in [5.41, 5.74) is 3.10. The summed E-state index contributed by atoms with van der Waals surface area (Å²) in [6.07, 6.45) is 3.90. The maximum absolute atomic E-state index is 13.0. The molecule has 130 valence electrons. The van der Waals surface area contributed by atoms with Crippen LogP contribution in [0.1, 0.15) is 36.0 Å². The third-order valence-electron chi connectivity index (χ3n) is 4.53. The summed E-state index contributed by atoms with van der Waals surface area (Å²) in [4.78, 5) is 11.7. The second kappa shape index (κ2) is 6.57. The Labute approximate surface area is 142 Å². The lowest BCUT2D eigenvalue weighted by Crippen LogP contribution is -2.36. The lowest BCUT2D eigenvalue weighted by Gasteiger charge is -2.28. The minimum atomic E-state index is -3.72. The molecule has 1 aliphatic carbocycles. The number of hydrogen-bond donors (Lipinski definition) is 0. The molecule has 0 N–H and O–H groups in total. The van der Waals surface area contributed by atoms with Crippen LogP contribution in [0.5, 0.6) is 5.75 Å². The number of hydrogen-bond acceptors (Lipinski definition) is 5. The minimum absolute atomic E-state index is 0.00965. The number of nitrogens with zero attached hydrogens (tertiary/aromatic N) is 1. The molecule has 1 heterocycles. The van der Waals surface area contributed by atoms with Gasteiger partial charge in [0.1, 0.15) is 10.6 Å². The van der Waals surface area contributed by atoms with E-state index in [4.69, 9.17) is 4.74 Å². The van der Waals surface area contributed by atoms with Crippen LogP contribution >= 0.6 is 0 Å². The zero-order valence-electron chi connectivity index (χ0n) is 13.9. The fraction of sp³-hybridized carbons (Fsp3) is 0.471. The normalized spacial score (nSPS) is 18.4. The van der Waals surface area contributed by atoms with Crippen LogP contribution in [-0.2, 0) is 14.8 Å². The second-order valence-corrected chi connectivity index (χ2v) is 7.87. The van der Waals surface area contributed by atoms with Gasteiger partial charge in [-0.2, -0.15) is 4.31 Å². The van der Waals surface area contributed by atoms with E-state index in [1.54, 1.807) is 0 Å². The number of esters is 1. The molecule has 1 saturated carbocycles. The number of carbonyl (C=O) groups excluding carboxylic acids is 1. The molecular formula is C17H21NO5S. The van der Waals surface area contributed by atoms with Crippen LogP contribution in [0.3, 0.4) is 0 Å². The van der Waals surface area contributed by atoms with E-state index in [9.17, 15) is 13.2 Å². The van der Waals surface area contributed by atoms with E-state index >= 15 is 0 Å². The van der Waals surface area contributed by atoms with Crippen LogP contribution in [0.25, 0.3) is 0 Å². The van der Waals surface area contributed by atoms with Crippen LogP contribution in [0, 0.1) is 0 Å². The van der Waals surface area contributed by atoms with Gasteiger partial charge in [0.25, 0.3) is 0 Å². The summed E-state index contributed by atoms with van der Waals surface area (Å²) in [6, 6.07) is 4.31. The summed E-state index contributed by atoms with van der Waals surface area (Å²) >= 11 is 0. The van der Waals surface area contributed by atoms with Gasteiger partial charge in [-0.1, -0.05) is 11.1 Å². The molecule has 1 aliphatic heterocycles. The summed E-state index contributed by atoms with van der Waals surface area (Å²) in [6.45, 7) is 0.930. The molecule has 7 heteroatoms. The fourth-order valence-electron chi connectivity index (χ4n) is 3.03. The van der Waals surface area contributed by atoms with Crippen molar-refractivity contribution >= 4 is 16.0 Å². The van der Waals surface area contributed by atoms with E-state index < -0.39 is 16.0 Å². The standard InChI is InChI=1S/C17H21NO5S/c1-22-15-6-5-14(17(19)23-2)11-16(15)24(20,21)18-9-7-13(8-10-18)12-3-4-12/h5-6,11H,3-4,7-10H2,1-2H3. The molecule has 0 spiro atoms. The van der Waals surface area contributed by atoms with Crippen molar-refractivity contribution in [3.63, 3.8) is 0 Å². The van der Waals surface area contributed by atoms with Crippen molar-refractivity contribution in [3.05, 3.63) is 34.9 Å². The fourth-order valence-corrected chi connectivity index (χ4v) is 4.65. The first kappa shape index (κ1) is 17.0. The van der Waals surface area contributed by atoms with E-state index in [-0.39, 0.29) is 16.2 Å². The zero-order valence-corrected chi connectivity index (χ0v) is 14.7. The Morgan fingerprint density at radius 2 is 1.67 bits per heavy atom. The van der Waals surface area contributed by atoms with Crippen molar-refractivity contribution in [3.8, 4) is 5.75 Å². The zero-order chi connectivity index (χ0) is 17.3. The van der Waals surface area contributed by atoms with Gasteiger partial charge in [-0.25, -0.2) is 13.2 Å². The number of rotatable bonds is 4. The molecular weight excluding hydrogens is 330 g/mol. The monoisotopic (exact) mass is 351 g/mol. The van der Waals surface area contributed by atoms with E-state index in [2.05, 4.69) is 4.74 Å². The Bertz CT molecular complexity index is 781. The lowest BCUT2D eigenvalue weighted by atomic mass is 10.1. The average Bonchev–Trinajstić information content (AvgIpc) is 3.45. The maximum atomic E-state index is 13.0. The highest BCUT2D eigenvalue weighted by Gasteiger charge is 2.32. The Hall–Kier alpha value is -1.86. The van der Waals surface area contributed by atoms with Crippen molar-refractivity contribution in [2.45, 2.75) is 30.6 Å². The van der Waals surface area contributed by atoms with Crippen LogP contribution in [0.2, 0.25) is 0 Å². The molecule has 2 fully saturated rings. The summed E-state index contributed by atoms with van der Waals surface area (Å²) in [5.74, 6) is -0.345. The maximum Gasteiger partial charge on any atom is 0.337 e. The molecule has 0 amide bonds. The van der Waals surface area contributed by atoms with E-state index in [0.29, 0.717) is 13.1 Å². The smallest absolute Gasteiger partial charge is 0.337 e. The van der Waals surface area contributed by atoms with Crippen LogP contribution < -0.4 is 4.74 Å². The van der Waals surface area contributed by atoms with E-state index in [1.807, 2.05) is 0 Å². The van der Waals surface area contributed by atoms with Gasteiger partial charge < -0.3 is 9.47 Å². The number of piperidine rings is 1. The van der Waals surface area contributed by atoms with E-state index in [0.717, 1.165) is 25.7 Å². The predicted octanol–water partition coefficient (Wildman–Crippen LogP) is 2.36. The van der Waals surface area contributed by atoms with Gasteiger partial charge in [0.2, 0.25) is 10.0 Å². The van der Waals surface area contributed by atoms with Crippen molar-refractivity contribution in [2.24, 2.45) is 0 Å². The summed E-state index contributed by atoms with van der Waals surface area (Å²) in [5, 5.41) is 0. The first-order chi connectivity index (χ1) is 11.5. The predicted molar refractivity (Wildman–Crippen MR) is 88.6 cm³/mol. The van der Waals surface area contributed by atoms with Crippen LogP contribution in [0.15, 0.2) is 34.2 Å². The molecule has 0 radical (unpaired) electrons. The molecule has 0 bridgehead atoms. The number of sulfonamides is 1. The first-order valence-electron chi connectivity index (χ1n) is 7.93. The molecule has 2 aliphatic rings. The van der Waals surface area contributed by atoms with Gasteiger partial charge >= 0.3 is 5.97 Å². The number of carbonyl (C=O) groups is 1. The Kier molecular flexibility index (Phi) is 4.64. The molecule has 1 aromatic rings. The van der Waals surface area contributed by atoms with Gasteiger partial charge in [-0.15, -0.1) is 0 Å². The number of benzene rings is 1. The minimum Gasteiger partial charge on any atom is -0.495 e. The molecule has 1 aromatic carbocycles. The van der Waals surface area contributed by atoms with Gasteiger partial charge in [0, 0.05) is 13.1 Å². The lowest BCUT2D eigenvalue weighted by molar-refractivity contribution is 0.0600. The molecule has 6 nitrogen and oxygen atoms in total. The Morgan fingerprint density at radius 3 is 2.21 bits per heavy atom. The van der Waals surface area contributed by atoms with Crippen molar-refractivity contribution in [1.82, 2.24) is 4.31 Å². The summed E-state index contributed by atoms with van der Waals surface area (Å²) in [7, 11) is -1.04. The largest absolute Gasteiger partial charge is 0.495 e. The van der Waals surface area contributed by atoms with Crippen molar-refractivity contribution in [1.29, 1.82) is 0 Å². The molecule has 3 rings (SSSR count). The number of methoxy groups -OCH3 is 2. The molecule has 1 saturated heterocycles. The molecule has 0 atom stereocenters. The van der Waals surface area contributed by atoms with Gasteiger partial charge in [0.05, 0.1) is 19.8 Å². The Morgan fingerprint density at radius 1 is 1.04 bits per heavy atom. The third kappa shape index (κ3) is 3.18. The first-order valence-corrected chi connectivity index (χ1v) is 9.37. The topological polar surface area (TPSA) is 72.9 Å². The molecule has 0 unspecified atom stereocenters. The SMILES string of the molecule is COC(=O)c1ccc(OC)c(S(=O)(=O)N2CCC(=C3CC3)CC2)c1. The number of ether oxygens (including phenoxy) is 2. The summed E-state index contributed by atoms with van der Waals surface area (Å²) < 4.78 is 37.3. The number of allylic oxidation sites excluding steroid dienone is 1. The molecule has 24 heavy (non-hydrogen) atoms. The molecule has 0 aromatic heterocycles. The average molecular weight is 351 g/mol. The van der Waals surface area contributed by atoms with E-state index in [1.165, 1.54) is 47.9 Å². The highest BCUT2D eigenvalue weighted by atomic mass is 32.2.